The molecule has 5 nitrogen and oxygen atoms in total. The molecule has 16 heavy (non-hydrogen) atoms. The summed E-state index contributed by atoms with van der Waals surface area (Å²) in [6, 6.07) is 2.65. The van der Waals surface area contributed by atoms with Crippen molar-refractivity contribution >= 4 is 15.5 Å². The van der Waals surface area contributed by atoms with E-state index in [1.165, 1.54) is 16.5 Å². The second-order valence-corrected chi connectivity index (χ2v) is 4.78. The van der Waals surface area contributed by atoms with Gasteiger partial charge in [-0.1, -0.05) is 6.92 Å². The highest BCUT2D eigenvalue weighted by Gasteiger charge is 2.21. The molecule has 0 aromatic carbocycles. The molecule has 0 atom stereocenters. The van der Waals surface area contributed by atoms with Gasteiger partial charge in [-0.3, -0.25) is 4.40 Å². The van der Waals surface area contributed by atoms with Crippen molar-refractivity contribution in [2.24, 2.45) is 5.14 Å². The normalized spacial score (nSPS) is 12.2. The van der Waals surface area contributed by atoms with Crippen LogP contribution in [0.5, 0.6) is 0 Å². The molecule has 0 bridgehead atoms. The first-order chi connectivity index (χ1) is 7.45. The van der Waals surface area contributed by atoms with Crippen molar-refractivity contribution in [3.05, 3.63) is 30.0 Å². The fourth-order valence-corrected chi connectivity index (χ4v) is 2.27. The Labute approximate surface area is 91.8 Å². The molecule has 0 aliphatic rings. The van der Waals surface area contributed by atoms with E-state index < -0.39 is 20.9 Å². The zero-order valence-corrected chi connectivity index (χ0v) is 9.33. The number of hydrogen-bond donors (Lipinski definition) is 1. The van der Waals surface area contributed by atoms with Crippen molar-refractivity contribution in [2.45, 2.75) is 18.4 Å². The lowest BCUT2D eigenvalue weighted by atomic mass is 10.4. The zero-order chi connectivity index (χ0) is 11.9. The van der Waals surface area contributed by atoms with Crippen LogP contribution in [0.4, 0.5) is 4.39 Å². The molecule has 0 fully saturated rings. The Bertz CT molecular complexity index is 648. The summed E-state index contributed by atoms with van der Waals surface area (Å²) in [6.45, 7) is 1.80. The standard InChI is InChI=1S/C9H10FN3O2S/c1-2-7-12-9(16(11,14)15)8-6(10)4-3-5-13(7)8/h3-5H,2H2,1H3,(H2,11,14,15). The molecular weight excluding hydrogens is 233 g/mol. The molecule has 2 aromatic heterocycles. The van der Waals surface area contributed by atoms with Gasteiger partial charge in [0.05, 0.1) is 0 Å². The van der Waals surface area contributed by atoms with Crippen LogP contribution in [0.15, 0.2) is 23.4 Å². The molecule has 0 amide bonds. The number of pyridine rings is 1. The van der Waals surface area contributed by atoms with E-state index in [2.05, 4.69) is 4.98 Å². The molecule has 7 heteroatoms. The average molecular weight is 243 g/mol. The van der Waals surface area contributed by atoms with Crippen molar-refractivity contribution in [3.8, 4) is 0 Å². The highest BCUT2D eigenvalue weighted by Crippen LogP contribution is 2.20. The van der Waals surface area contributed by atoms with Crippen LogP contribution in [-0.2, 0) is 16.4 Å². The number of aromatic nitrogens is 2. The molecule has 2 N–H and O–H groups in total. The van der Waals surface area contributed by atoms with E-state index in [-0.39, 0.29) is 5.52 Å². The van der Waals surface area contributed by atoms with Crippen molar-refractivity contribution < 1.29 is 12.8 Å². The maximum absolute atomic E-state index is 13.5. The summed E-state index contributed by atoms with van der Waals surface area (Å²) in [4.78, 5) is 3.85. The topological polar surface area (TPSA) is 77.5 Å². The lowest BCUT2D eigenvalue weighted by Gasteiger charge is -1.98. The molecule has 2 rings (SSSR count). The van der Waals surface area contributed by atoms with Gasteiger partial charge in [-0.25, -0.2) is 22.9 Å². The van der Waals surface area contributed by atoms with Crippen molar-refractivity contribution in [3.63, 3.8) is 0 Å². The second kappa shape index (κ2) is 3.53. The molecule has 0 unspecified atom stereocenters. The number of hydrogen-bond acceptors (Lipinski definition) is 3. The number of imidazole rings is 1. The summed E-state index contributed by atoms with van der Waals surface area (Å²) in [5.41, 5.74) is -0.0955. The predicted molar refractivity (Wildman–Crippen MR) is 55.9 cm³/mol. The van der Waals surface area contributed by atoms with Gasteiger partial charge in [-0.2, -0.15) is 0 Å². The molecule has 0 aliphatic carbocycles. The number of halogens is 1. The van der Waals surface area contributed by atoms with E-state index >= 15 is 0 Å². The SMILES string of the molecule is CCc1nc(S(N)(=O)=O)c2c(F)cccn12. The maximum Gasteiger partial charge on any atom is 0.257 e. The van der Waals surface area contributed by atoms with Crippen LogP contribution in [0, 0.1) is 5.82 Å². The number of nitrogens with zero attached hydrogens (tertiary/aromatic N) is 2. The van der Waals surface area contributed by atoms with Gasteiger partial charge in [0, 0.05) is 12.6 Å². The summed E-state index contributed by atoms with van der Waals surface area (Å²) in [6.07, 6.45) is 2.04. The van der Waals surface area contributed by atoms with Crippen LogP contribution < -0.4 is 5.14 Å². The molecule has 86 valence electrons. The number of rotatable bonds is 2. The lowest BCUT2D eigenvalue weighted by Crippen LogP contribution is -2.13. The Hall–Kier alpha value is -1.47. The van der Waals surface area contributed by atoms with E-state index in [0.717, 1.165) is 0 Å². The number of sulfonamides is 1. The fourth-order valence-electron chi connectivity index (χ4n) is 1.57. The summed E-state index contributed by atoms with van der Waals surface area (Å²) in [5.74, 6) is -0.197. The first kappa shape index (κ1) is 11.0. The predicted octanol–water partition coefficient (Wildman–Crippen LogP) is 0.683. The molecular formula is C9H10FN3O2S. The Kier molecular flexibility index (Phi) is 2.43. The third-order valence-electron chi connectivity index (χ3n) is 2.24. The first-order valence-corrected chi connectivity index (χ1v) is 6.18. The van der Waals surface area contributed by atoms with Gasteiger partial charge in [0.25, 0.3) is 10.0 Å². The minimum Gasteiger partial charge on any atom is -0.300 e. The molecule has 2 heterocycles. The number of primary sulfonamides is 1. The monoisotopic (exact) mass is 243 g/mol. The van der Waals surface area contributed by atoms with Crippen LogP contribution in [0.1, 0.15) is 12.7 Å². The molecule has 0 spiro atoms. The number of fused-ring (bicyclic) bond motifs is 1. The van der Waals surface area contributed by atoms with Crippen LogP contribution in [0.25, 0.3) is 5.52 Å². The van der Waals surface area contributed by atoms with E-state index in [1.807, 2.05) is 0 Å². The molecule has 0 aliphatic heterocycles. The Morgan fingerprint density at radius 2 is 2.25 bits per heavy atom. The van der Waals surface area contributed by atoms with E-state index in [4.69, 9.17) is 5.14 Å². The Balaban J connectivity index is 2.96. The Morgan fingerprint density at radius 1 is 1.56 bits per heavy atom. The van der Waals surface area contributed by atoms with Gasteiger partial charge < -0.3 is 0 Å². The van der Waals surface area contributed by atoms with Crippen LogP contribution in [0.3, 0.4) is 0 Å². The van der Waals surface area contributed by atoms with Gasteiger partial charge in [-0.05, 0) is 12.1 Å². The summed E-state index contributed by atoms with van der Waals surface area (Å²) >= 11 is 0. The van der Waals surface area contributed by atoms with Gasteiger partial charge in [0.2, 0.25) is 0 Å². The van der Waals surface area contributed by atoms with Crippen molar-refractivity contribution in [1.29, 1.82) is 0 Å². The quantitative estimate of drug-likeness (QED) is 0.842. The first-order valence-electron chi connectivity index (χ1n) is 4.63. The summed E-state index contributed by atoms with van der Waals surface area (Å²) in [5, 5.41) is 4.58. The molecule has 0 saturated heterocycles. The van der Waals surface area contributed by atoms with E-state index in [1.54, 1.807) is 13.1 Å². The van der Waals surface area contributed by atoms with Gasteiger partial charge in [0.1, 0.15) is 17.2 Å². The average Bonchev–Trinajstić information content (AvgIpc) is 2.57. The third kappa shape index (κ3) is 1.57. The van der Waals surface area contributed by atoms with Crippen LogP contribution >= 0.6 is 0 Å². The molecule has 0 saturated carbocycles. The highest BCUT2D eigenvalue weighted by atomic mass is 32.2. The van der Waals surface area contributed by atoms with E-state index in [0.29, 0.717) is 12.2 Å². The Morgan fingerprint density at radius 3 is 2.81 bits per heavy atom. The van der Waals surface area contributed by atoms with Gasteiger partial charge in [-0.15, -0.1) is 0 Å². The van der Waals surface area contributed by atoms with Gasteiger partial charge >= 0.3 is 0 Å². The summed E-state index contributed by atoms with van der Waals surface area (Å²) < 4.78 is 37.5. The second-order valence-electron chi connectivity index (χ2n) is 3.31. The zero-order valence-electron chi connectivity index (χ0n) is 8.51. The van der Waals surface area contributed by atoms with Crippen LogP contribution in [0.2, 0.25) is 0 Å². The lowest BCUT2D eigenvalue weighted by molar-refractivity contribution is 0.593. The largest absolute Gasteiger partial charge is 0.300 e. The van der Waals surface area contributed by atoms with Crippen molar-refractivity contribution in [1.82, 2.24) is 9.38 Å². The smallest absolute Gasteiger partial charge is 0.257 e. The minimum absolute atomic E-state index is 0.0955. The molecule has 2 aromatic rings. The summed E-state index contributed by atoms with van der Waals surface area (Å²) in [7, 11) is -4.01. The fraction of sp³-hybridized carbons (Fsp3) is 0.222. The maximum atomic E-state index is 13.5. The third-order valence-corrected chi connectivity index (χ3v) is 3.07. The number of nitrogens with two attached hydrogens (primary N) is 1. The number of aryl methyl sites for hydroxylation is 1. The molecule has 0 radical (unpaired) electrons. The van der Waals surface area contributed by atoms with Gasteiger partial charge in [0.15, 0.2) is 5.03 Å². The van der Waals surface area contributed by atoms with Crippen molar-refractivity contribution in [2.75, 3.05) is 0 Å². The minimum atomic E-state index is -4.01. The highest BCUT2D eigenvalue weighted by molar-refractivity contribution is 7.89. The van der Waals surface area contributed by atoms with Crippen LogP contribution in [-0.4, -0.2) is 17.8 Å². The van der Waals surface area contributed by atoms with E-state index in [9.17, 15) is 12.8 Å².